The van der Waals surface area contributed by atoms with Crippen molar-refractivity contribution in [1.29, 1.82) is 0 Å². The molecule has 176 valence electrons. The van der Waals surface area contributed by atoms with Crippen LogP contribution >= 0.6 is 0 Å². The summed E-state index contributed by atoms with van der Waals surface area (Å²) in [6.07, 6.45) is 15.6. The lowest BCUT2D eigenvalue weighted by molar-refractivity contribution is -0.156. The first-order valence-corrected chi connectivity index (χ1v) is 11.5. The number of aryl methyl sites for hydroxylation is 1. The van der Waals surface area contributed by atoms with E-state index < -0.39 is 11.9 Å². The molecule has 0 saturated heterocycles. The fourth-order valence-electron chi connectivity index (χ4n) is 3.97. The van der Waals surface area contributed by atoms with Gasteiger partial charge in [0.25, 0.3) is 0 Å². The summed E-state index contributed by atoms with van der Waals surface area (Å²) in [4.78, 5) is 23.9. The number of hydrogen-bond donors (Lipinski definition) is 1. The fraction of sp³-hybridized carbons (Fsp3) is 0.379. The van der Waals surface area contributed by atoms with Crippen molar-refractivity contribution in [2.45, 2.75) is 66.7 Å². The van der Waals surface area contributed by atoms with Crippen LogP contribution < -0.4 is 0 Å². The Bertz CT molecular complexity index is 999. The highest BCUT2D eigenvalue weighted by Crippen LogP contribution is 2.40. The second-order valence-electron chi connectivity index (χ2n) is 9.38. The number of carbonyl (C=O) groups is 2. The smallest absolute Gasteiger partial charge is 0.338 e. The lowest BCUT2D eigenvalue weighted by Crippen LogP contribution is -2.19. The molecule has 0 spiro atoms. The standard InChI is InChI=1S/C29H36O4/c1-21(11-17-26-23(3)10-7-19-29(26,4)5)8-6-9-22(2)20-28(32)33-27(31)18-14-24-12-15-25(30)16-13-24/h6,8-9,11-13,15-17,20,30H,7,10,14,18-19H2,1-5H3/b9-6+,17-11+,21-8+,22-20+. The van der Waals surface area contributed by atoms with Gasteiger partial charge in [-0.25, -0.2) is 4.79 Å². The number of ether oxygens (including phenoxy) is 1. The van der Waals surface area contributed by atoms with Crippen molar-refractivity contribution in [3.63, 3.8) is 0 Å². The van der Waals surface area contributed by atoms with E-state index >= 15 is 0 Å². The number of allylic oxidation sites excluding steroid dienone is 9. The summed E-state index contributed by atoms with van der Waals surface area (Å²) in [5.74, 6) is -1.07. The number of hydrogen-bond acceptors (Lipinski definition) is 4. The summed E-state index contributed by atoms with van der Waals surface area (Å²) in [6, 6.07) is 6.59. The van der Waals surface area contributed by atoms with E-state index in [9.17, 15) is 14.7 Å². The number of phenols is 1. The minimum Gasteiger partial charge on any atom is -0.508 e. The van der Waals surface area contributed by atoms with Crippen LogP contribution in [0.25, 0.3) is 0 Å². The van der Waals surface area contributed by atoms with Crippen LogP contribution in [0.5, 0.6) is 5.75 Å². The van der Waals surface area contributed by atoms with Gasteiger partial charge < -0.3 is 9.84 Å². The van der Waals surface area contributed by atoms with E-state index in [-0.39, 0.29) is 17.6 Å². The molecule has 1 aliphatic carbocycles. The molecule has 0 saturated carbocycles. The van der Waals surface area contributed by atoms with Gasteiger partial charge in [-0.15, -0.1) is 0 Å². The lowest BCUT2D eigenvalue weighted by atomic mass is 9.72. The molecule has 4 heteroatoms. The Morgan fingerprint density at radius 2 is 1.79 bits per heavy atom. The first-order chi connectivity index (χ1) is 15.6. The quantitative estimate of drug-likeness (QED) is 0.203. The number of esters is 2. The molecule has 0 atom stereocenters. The Labute approximate surface area is 198 Å². The molecule has 1 aliphatic rings. The van der Waals surface area contributed by atoms with Gasteiger partial charge in [0.15, 0.2) is 0 Å². The minimum absolute atomic E-state index is 0.0974. The second-order valence-corrected chi connectivity index (χ2v) is 9.38. The molecule has 1 aromatic rings. The van der Waals surface area contributed by atoms with Gasteiger partial charge in [0.1, 0.15) is 5.75 Å². The van der Waals surface area contributed by atoms with E-state index in [1.54, 1.807) is 31.2 Å². The summed E-state index contributed by atoms with van der Waals surface area (Å²) < 4.78 is 4.86. The van der Waals surface area contributed by atoms with Crippen molar-refractivity contribution >= 4 is 11.9 Å². The molecular weight excluding hydrogens is 412 g/mol. The van der Waals surface area contributed by atoms with Crippen LogP contribution in [-0.2, 0) is 20.7 Å². The Balaban J connectivity index is 1.85. The van der Waals surface area contributed by atoms with Crippen LogP contribution in [0.1, 0.15) is 65.9 Å². The molecule has 0 bridgehead atoms. The molecule has 0 fully saturated rings. The van der Waals surface area contributed by atoms with Crippen LogP contribution in [-0.4, -0.2) is 17.0 Å². The first-order valence-electron chi connectivity index (χ1n) is 11.5. The second kappa shape index (κ2) is 12.2. The van der Waals surface area contributed by atoms with Gasteiger partial charge in [0, 0.05) is 6.08 Å². The van der Waals surface area contributed by atoms with Gasteiger partial charge in [-0.05, 0) is 80.7 Å². The minimum atomic E-state index is -0.671. The summed E-state index contributed by atoms with van der Waals surface area (Å²) in [7, 11) is 0. The van der Waals surface area contributed by atoms with Crippen molar-refractivity contribution in [2.75, 3.05) is 0 Å². The van der Waals surface area contributed by atoms with Crippen LogP contribution in [0.15, 0.2) is 83.0 Å². The van der Waals surface area contributed by atoms with Crippen molar-refractivity contribution in [3.8, 4) is 5.75 Å². The lowest BCUT2D eigenvalue weighted by Gasteiger charge is -2.32. The summed E-state index contributed by atoms with van der Waals surface area (Å²) in [5, 5.41) is 9.28. The van der Waals surface area contributed by atoms with E-state index in [1.807, 2.05) is 25.2 Å². The predicted octanol–water partition coefficient (Wildman–Crippen LogP) is 6.93. The number of aromatic hydroxyl groups is 1. The van der Waals surface area contributed by atoms with Gasteiger partial charge in [0.2, 0.25) is 0 Å². The average Bonchev–Trinajstić information content (AvgIpc) is 2.72. The summed E-state index contributed by atoms with van der Waals surface area (Å²) in [5.41, 5.74) is 5.83. The van der Waals surface area contributed by atoms with Crippen molar-refractivity contribution in [2.24, 2.45) is 5.41 Å². The highest BCUT2D eigenvalue weighted by Gasteiger charge is 2.26. The Morgan fingerprint density at radius 3 is 2.45 bits per heavy atom. The SMILES string of the molecule is CC1=C(/C=C/C(C)=C/C=C/C(C)=C/C(=O)OC(=O)CCc2ccc(O)cc2)C(C)(C)CCC1. The van der Waals surface area contributed by atoms with Crippen LogP contribution in [0.4, 0.5) is 0 Å². The third-order valence-electron chi connectivity index (χ3n) is 5.89. The maximum atomic E-state index is 12.0. The van der Waals surface area contributed by atoms with Crippen LogP contribution in [0, 0.1) is 5.41 Å². The number of rotatable bonds is 8. The molecule has 0 heterocycles. The molecule has 0 radical (unpaired) electrons. The molecular formula is C29H36O4. The first kappa shape index (κ1) is 26.1. The predicted molar refractivity (Wildman–Crippen MR) is 134 cm³/mol. The molecule has 0 amide bonds. The monoisotopic (exact) mass is 448 g/mol. The van der Waals surface area contributed by atoms with Crippen LogP contribution in [0.3, 0.4) is 0 Å². The van der Waals surface area contributed by atoms with Crippen molar-refractivity contribution < 1.29 is 19.4 Å². The fourth-order valence-corrected chi connectivity index (χ4v) is 3.97. The summed E-state index contributed by atoms with van der Waals surface area (Å²) in [6.45, 7) is 10.7. The number of phenolic OH excluding ortho intramolecular Hbond substituents is 1. The largest absolute Gasteiger partial charge is 0.508 e. The average molecular weight is 449 g/mol. The Kier molecular flexibility index (Phi) is 9.65. The summed E-state index contributed by atoms with van der Waals surface area (Å²) >= 11 is 0. The number of carbonyl (C=O) groups excluding carboxylic acids is 2. The zero-order valence-electron chi connectivity index (χ0n) is 20.5. The zero-order chi connectivity index (χ0) is 24.4. The molecule has 0 aromatic heterocycles. The van der Waals surface area contributed by atoms with Gasteiger partial charge in [-0.3, -0.25) is 4.79 Å². The third-order valence-corrected chi connectivity index (χ3v) is 5.89. The number of benzene rings is 1. The van der Waals surface area contributed by atoms with E-state index in [4.69, 9.17) is 4.74 Å². The highest BCUT2D eigenvalue weighted by molar-refractivity contribution is 5.92. The van der Waals surface area contributed by atoms with Crippen molar-refractivity contribution in [3.05, 3.63) is 88.6 Å². The highest BCUT2D eigenvalue weighted by atomic mass is 16.6. The maximum absolute atomic E-state index is 12.0. The molecule has 2 rings (SSSR count). The molecule has 4 nitrogen and oxygen atoms in total. The van der Waals surface area contributed by atoms with E-state index in [0.717, 1.165) is 11.1 Å². The Hall–Kier alpha value is -3.14. The topological polar surface area (TPSA) is 63.6 Å². The van der Waals surface area contributed by atoms with Gasteiger partial charge in [-0.1, -0.05) is 67.5 Å². The molecule has 1 aromatic carbocycles. The normalized spacial score (nSPS) is 17.1. The molecule has 0 aliphatic heterocycles. The van der Waals surface area contributed by atoms with E-state index in [0.29, 0.717) is 12.0 Å². The van der Waals surface area contributed by atoms with Crippen molar-refractivity contribution in [1.82, 2.24) is 0 Å². The van der Waals surface area contributed by atoms with Gasteiger partial charge in [-0.2, -0.15) is 0 Å². The van der Waals surface area contributed by atoms with E-state index in [1.165, 1.54) is 36.5 Å². The van der Waals surface area contributed by atoms with E-state index in [2.05, 4.69) is 32.9 Å². The van der Waals surface area contributed by atoms with Crippen LogP contribution in [0.2, 0.25) is 0 Å². The molecule has 0 unspecified atom stereocenters. The maximum Gasteiger partial charge on any atom is 0.338 e. The molecule has 1 N–H and O–H groups in total. The van der Waals surface area contributed by atoms with Gasteiger partial charge in [0.05, 0.1) is 6.42 Å². The zero-order valence-corrected chi connectivity index (χ0v) is 20.5. The third kappa shape index (κ3) is 9.09. The Morgan fingerprint density at radius 1 is 1.09 bits per heavy atom. The van der Waals surface area contributed by atoms with Gasteiger partial charge >= 0.3 is 11.9 Å². The molecule has 33 heavy (non-hydrogen) atoms.